The van der Waals surface area contributed by atoms with Crippen molar-refractivity contribution in [3.05, 3.63) is 35.5 Å². The molecule has 1 heterocycles. The topological polar surface area (TPSA) is 42.2 Å². The van der Waals surface area contributed by atoms with Crippen molar-refractivity contribution >= 4 is 16.9 Å². The molecule has 1 aromatic carbocycles. The molecule has 0 aliphatic heterocycles. The van der Waals surface area contributed by atoms with E-state index in [0.29, 0.717) is 5.92 Å². The lowest BCUT2D eigenvalue weighted by atomic mass is 9.99. The molecule has 0 radical (unpaired) electrons. The molecule has 0 unspecified atom stereocenters. The summed E-state index contributed by atoms with van der Waals surface area (Å²) >= 11 is 0. The number of hydrogen-bond donors (Lipinski definition) is 1. The number of aromatic nitrogens is 1. The first-order valence-corrected chi connectivity index (χ1v) is 6.86. The van der Waals surface area contributed by atoms with Crippen LogP contribution in [0.1, 0.15) is 44.2 Å². The predicted molar refractivity (Wildman–Crippen MR) is 77.7 cm³/mol. The first kappa shape index (κ1) is 13.7. The van der Waals surface area contributed by atoms with Crippen LogP contribution in [0.5, 0.6) is 0 Å². The van der Waals surface area contributed by atoms with E-state index in [1.54, 1.807) is 0 Å². The Balaban J connectivity index is 2.57. The largest absolute Gasteiger partial charge is 0.480 e. The minimum atomic E-state index is -0.798. The smallest absolute Gasteiger partial charge is 0.323 e. The number of carboxylic acid groups (broad SMARTS) is 1. The van der Waals surface area contributed by atoms with Crippen LogP contribution in [0.25, 0.3) is 10.9 Å². The van der Waals surface area contributed by atoms with Crippen LogP contribution < -0.4 is 0 Å². The van der Waals surface area contributed by atoms with Gasteiger partial charge in [-0.15, -0.1) is 0 Å². The molecule has 1 aromatic heterocycles. The second-order valence-electron chi connectivity index (χ2n) is 5.36. The summed E-state index contributed by atoms with van der Waals surface area (Å²) in [6.07, 6.45) is 4.05. The van der Waals surface area contributed by atoms with Gasteiger partial charge in [0.25, 0.3) is 0 Å². The van der Waals surface area contributed by atoms with E-state index < -0.39 is 5.97 Å². The molecule has 3 heteroatoms. The summed E-state index contributed by atoms with van der Waals surface area (Å²) in [6, 6.07) is 6.36. The predicted octanol–water partition coefficient (Wildman–Crippen LogP) is 3.80. The fraction of sp³-hybridized carbons (Fsp3) is 0.438. The van der Waals surface area contributed by atoms with Gasteiger partial charge in [-0.05, 0) is 35.6 Å². The van der Waals surface area contributed by atoms with Crippen molar-refractivity contribution < 1.29 is 9.90 Å². The van der Waals surface area contributed by atoms with Crippen LogP contribution in [0, 0.1) is 0 Å². The molecule has 0 aliphatic carbocycles. The third kappa shape index (κ3) is 2.80. The van der Waals surface area contributed by atoms with Gasteiger partial charge in [-0.3, -0.25) is 4.79 Å². The van der Waals surface area contributed by atoms with E-state index in [1.807, 2.05) is 16.8 Å². The zero-order valence-electron chi connectivity index (χ0n) is 11.8. The summed E-state index contributed by atoms with van der Waals surface area (Å²) in [5.41, 5.74) is 3.58. The quantitative estimate of drug-likeness (QED) is 0.887. The number of aliphatic carboxylic acids is 1. The summed E-state index contributed by atoms with van der Waals surface area (Å²) in [5.74, 6) is -0.311. The molecule has 1 N–H and O–H groups in total. The number of fused-ring (bicyclic) bond motifs is 1. The van der Waals surface area contributed by atoms with Crippen molar-refractivity contribution in [3.63, 3.8) is 0 Å². The van der Waals surface area contributed by atoms with E-state index in [9.17, 15) is 4.79 Å². The van der Waals surface area contributed by atoms with Gasteiger partial charge in [0.15, 0.2) is 0 Å². The summed E-state index contributed by atoms with van der Waals surface area (Å²) in [5, 5.41) is 10.2. The van der Waals surface area contributed by atoms with E-state index in [-0.39, 0.29) is 6.54 Å². The first-order chi connectivity index (χ1) is 9.02. The molecule has 0 atom stereocenters. The van der Waals surface area contributed by atoms with Crippen molar-refractivity contribution in [3.8, 4) is 0 Å². The van der Waals surface area contributed by atoms with Crippen LogP contribution in [0.15, 0.2) is 24.4 Å². The van der Waals surface area contributed by atoms with Crippen molar-refractivity contribution in [2.24, 2.45) is 0 Å². The second-order valence-corrected chi connectivity index (χ2v) is 5.36. The maximum absolute atomic E-state index is 10.9. The number of carbonyl (C=O) groups is 1. The van der Waals surface area contributed by atoms with Crippen molar-refractivity contribution in [2.75, 3.05) is 0 Å². The van der Waals surface area contributed by atoms with Crippen LogP contribution in [-0.2, 0) is 17.8 Å². The van der Waals surface area contributed by atoms with E-state index in [1.165, 1.54) is 16.5 Å². The van der Waals surface area contributed by atoms with Gasteiger partial charge in [0.05, 0.1) is 0 Å². The highest BCUT2D eigenvalue weighted by atomic mass is 16.4. The molecule has 0 saturated carbocycles. The van der Waals surface area contributed by atoms with E-state index in [0.717, 1.165) is 18.4 Å². The van der Waals surface area contributed by atoms with Gasteiger partial charge < -0.3 is 9.67 Å². The lowest BCUT2D eigenvalue weighted by Crippen LogP contribution is -2.07. The van der Waals surface area contributed by atoms with Crippen molar-refractivity contribution in [1.82, 2.24) is 4.57 Å². The molecule has 2 aromatic rings. The lowest BCUT2D eigenvalue weighted by Gasteiger charge is -2.07. The lowest BCUT2D eigenvalue weighted by molar-refractivity contribution is -0.137. The molecule has 102 valence electrons. The maximum Gasteiger partial charge on any atom is 0.323 e. The zero-order valence-corrected chi connectivity index (χ0v) is 11.8. The highest BCUT2D eigenvalue weighted by Gasteiger charge is 2.11. The van der Waals surface area contributed by atoms with E-state index >= 15 is 0 Å². The average Bonchev–Trinajstić information content (AvgIpc) is 2.67. The van der Waals surface area contributed by atoms with Crippen LogP contribution in [-0.4, -0.2) is 15.6 Å². The average molecular weight is 259 g/mol. The number of hydrogen-bond acceptors (Lipinski definition) is 1. The molecule has 0 aliphatic rings. The third-order valence-electron chi connectivity index (χ3n) is 3.48. The van der Waals surface area contributed by atoms with E-state index in [4.69, 9.17) is 5.11 Å². The van der Waals surface area contributed by atoms with Crippen LogP contribution in [0.4, 0.5) is 0 Å². The molecule has 2 rings (SSSR count). The van der Waals surface area contributed by atoms with Gasteiger partial charge in [-0.1, -0.05) is 33.3 Å². The third-order valence-corrected chi connectivity index (χ3v) is 3.48. The molecule has 0 bridgehead atoms. The van der Waals surface area contributed by atoms with Gasteiger partial charge in [-0.2, -0.15) is 0 Å². The normalized spacial score (nSPS) is 11.4. The van der Waals surface area contributed by atoms with Crippen molar-refractivity contribution in [2.45, 2.75) is 46.1 Å². The van der Waals surface area contributed by atoms with Gasteiger partial charge in [-0.25, -0.2) is 0 Å². The standard InChI is InChI=1S/C16H21NO2/c1-4-5-13-9-17(10-16(18)19)15-7-6-12(11(2)3)8-14(13)15/h6-9,11H,4-5,10H2,1-3H3,(H,18,19). The maximum atomic E-state index is 10.9. The van der Waals surface area contributed by atoms with Crippen molar-refractivity contribution in [1.29, 1.82) is 0 Å². The molecule has 0 spiro atoms. The zero-order chi connectivity index (χ0) is 14.0. The highest BCUT2D eigenvalue weighted by molar-refractivity contribution is 5.86. The minimum absolute atomic E-state index is 0.0290. The molecule has 0 fully saturated rings. The van der Waals surface area contributed by atoms with Crippen LogP contribution >= 0.6 is 0 Å². The summed E-state index contributed by atoms with van der Waals surface area (Å²) in [6.45, 7) is 6.53. The Bertz CT molecular complexity index is 596. The van der Waals surface area contributed by atoms with Gasteiger partial charge in [0, 0.05) is 17.1 Å². The Morgan fingerprint density at radius 3 is 2.68 bits per heavy atom. The molecule has 0 amide bonds. The SMILES string of the molecule is CCCc1cn(CC(=O)O)c2ccc(C(C)C)cc12. The summed E-state index contributed by atoms with van der Waals surface area (Å²) in [4.78, 5) is 10.9. The fourth-order valence-corrected chi connectivity index (χ4v) is 2.49. The second kappa shape index (κ2) is 5.47. The molecule has 19 heavy (non-hydrogen) atoms. The Morgan fingerprint density at radius 1 is 1.37 bits per heavy atom. The number of rotatable bonds is 5. The number of benzene rings is 1. The van der Waals surface area contributed by atoms with Gasteiger partial charge >= 0.3 is 5.97 Å². The van der Waals surface area contributed by atoms with Crippen LogP contribution in [0.2, 0.25) is 0 Å². The van der Waals surface area contributed by atoms with Gasteiger partial charge in [0.2, 0.25) is 0 Å². The molecular formula is C16H21NO2. The van der Waals surface area contributed by atoms with E-state index in [2.05, 4.69) is 32.9 Å². The number of aryl methyl sites for hydroxylation is 1. The number of carboxylic acids is 1. The molecule has 0 saturated heterocycles. The Kier molecular flexibility index (Phi) is 3.93. The summed E-state index contributed by atoms with van der Waals surface area (Å²) < 4.78 is 1.84. The minimum Gasteiger partial charge on any atom is -0.480 e. The Hall–Kier alpha value is -1.77. The van der Waals surface area contributed by atoms with Crippen LogP contribution in [0.3, 0.4) is 0 Å². The highest BCUT2D eigenvalue weighted by Crippen LogP contribution is 2.27. The monoisotopic (exact) mass is 259 g/mol. The molecule has 3 nitrogen and oxygen atoms in total. The Morgan fingerprint density at radius 2 is 2.11 bits per heavy atom. The summed E-state index contributed by atoms with van der Waals surface area (Å²) in [7, 11) is 0. The fourth-order valence-electron chi connectivity index (χ4n) is 2.49. The van der Waals surface area contributed by atoms with Gasteiger partial charge in [0.1, 0.15) is 6.54 Å². The Labute approximate surface area is 113 Å². The first-order valence-electron chi connectivity index (χ1n) is 6.86. The molecular weight excluding hydrogens is 238 g/mol. The number of nitrogens with zero attached hydrogens (tertiary/aromatic N) is 1.